The van der Waals surface area contributed by atoms with Gasteiger partial charge in [-0.2, -0.15) is 0 Å². The topological polar surface area (TPSA) is 64.9 Å². The number of pyridine rings is 1. The lowest BCUT2D eigenvalue weighted by molar-refractivity contribution is 0.0846. The predicted octanol–water partition coefficient (Wildman–Crippen LogP) is 3.91. The lowest BCUT2D eigenvalue weighted by Crippen LogP contribution is -2.15. The third kappa shape index (κ3) is 3.77. The van der Waals surface area contributed by atoms with Crippen LogP contribution in [0.1, 0.15) is 34.8 Å². The van der Waals surface area contributed by atoms with E-state index in [4.69, 9.17) is 9.47 Å². The normalized spacial score (nSPS) is 14.9. The number of rotatable bonds is 4. The summed E-state index contributed by atoms with van der Waals surface area (Å²) in [5, 5.41) is 2.36. The van der Waals surface area contributed by atoms with Crippen molar-refractivity contribution in [2.45, 2.75) is 18.8 Å². The fourth-order valence-corrected chi connectivity index (χ4v) is 3.39. The zero-order chi connectivity index (χ0) is 20.5. The van der Waals surface area contributed by atoms with Gasteiger partial charge in [-0.05, 0) is 12.8 Å². The van der Waals surface area contributed by atoms with Gasteiger partial charge in [0, 0.05) is 55.4 Å². The molecular weight excluding hydrogens is 387 g/mol. The Labute approximate surface area is 164 Å². The molecule has 0 bridgehead atoms. The van der Waals surface area contributed by atoms with Crippen LogP contribution < -0.4 is 10.1 Å². The summed E-state index contributed by atoms with van der Waals surface area (Å²) in [6, 6.07) is 3.03. The fourth-order valence-electron chi connectivity index (χ4n) is 3.39. The molecule has 6 nitrogen and oxygen atoms in total. The maximum Gasteiger partial charge on any atom is 0.260 e. The largest absolute Gasteiger partial charge is 0.496 e. The van der Waals surface area contributed by atoms with E-state index < -0.39 is 23.4 Å². The number of hydrogen-bond donors (Lipinski definition) is 1. The third-order valence-electron chi connectivity index (χ3n) is 4.92. The summed E-state index contributed by atoms with van der Waals surface area (Å²) >= 11 is 0. The molecule has 29 heavy (non-hydrogen) atoms. The zero-order valence-electron chi connectivity index (χ0n) is 15.5. The predicted molar refractivity (Wildman–Crippen MR) is 98.8 cm³/mol. The molecule has 0 atom stereocenters. The molecule has 1 amide bonds. The second-order valence-corrected chi connectivity index (χ2v) is 6.78. The average Bonchev–Trinajstić information content (AvgIpc) is 3.14. The number of anilines is 1. The highest BCUT2D eigenvalue weighted by Gasteiger charge is 2.21. The van der Waals surface area contributed by atoms with Gasteiger partial charge in [0.1, 0.15) is 11.4 Å². The molecule has 1 aliphatic rings. The van der Waals surface area contributed by atoms with E-state index in [1.54, 1.807) is 10.5 Å². The SMILES string of the molecule is COc1cc2nc(C3CCOCC3)cn2cc1C(=O)Nc1cc(F)c(F)c(F)c1. The Morgan fingerprint density at radius 3 is 2.52 bits per heavy atom. The summed E-state index contributed by atoms with van der Waals surface area (Å²) in [5.74, 6) is -4.51. The van der Waals surface area contributed by atoms with E-state index in [0.717, 1.165) is 18.5 Å². The van der Waals surface area contributed by atoms with Crippen LogP contribution in [0, 0.1) is 17.5 Å². The molecule has 9 heteroatoms. The quantitative estimate of drug-likeness (QED) is 0.669. The molecule has 0 unspecified atom stereocenters. The number of methoxy groups -OCH3 is 1. The highest BCUT2D eigenvalue weighted by Crippen LogP contribution is 2.29. The standard InChI is InChI=1S/C20H18F3N3O3/c1-28-17-8-18-25-16(11-2-4-29-5-3-11)10-26(18)9-13(17)20(27)24-12-6-14(21)19(23)15(22)7-12/h6-11H,2-5H2,1H3,(H,24,27). The number of fused-ring (bicyclic) bond motifs is 1. The molecule has 1 N–H and O–H groups in total. The first-order valence-electron chi connectivity index (χ1n) is 9.06. The summed E-state index contributed by atoms with van der Waals surface area (Å²) in [6.07, 6.45) is 5.13. The number of ether oxygens (including phenoxy) is 2. The second-order valence-electron chi connectivity index (χ2n) is 6.78. The van der Waals surface area contributed by atoms with Crippen LogP contribution in [0.3, 0.4) is 0 Å². The molecule has 0 saturated carbocycles. The van der Waals surface area contributed by atoms with Gasteiger partial charge in [0.05, 0.1) is 18.4 Å². The molecule has 3 aromatic rings. The Balaban J connectivity index is 1.65. The molecule has 1 saturated heterocycles. The van der Waals surface area contributed by atoms with Crippen LogP contribution >= 0.6 is 0 Å². The van der Waals surface area contributed by atoms with Crippen molar-refractivity contribution in [2.75, 3.05) is 25.6 Å². The lowest BCUT2D eigenvalue weighted by atomic mass is 9.97. The van der Waals surface area contributed by atoms with Gasteiger partial charge in [-0.3, -0.25) is 4.79 Å². The number of aromatic nitrogens is 2. The number of nitrogens with one attached hydrogen (secondary N) is 1. The van der Waals surface area contributed by atoms with Crippen LogP contribution in [0.5, 0.6) is 5.75 Å². The van der Waals surface area contributed by atoms with Gasteiger partial charge in [-0.1, -0.05) is 0 Å². The van der Waals surface area contributed by atoms with Crippen LogP contribution in [0.2, 0.25) is 0 Å². The van der Waals surface area contributed by atoms with Crippen LogP contribution in [-0.2, 0) is 4.74 Å². The fraction of sp³-hybridized carbons (Fsp3) is 0.300. The van der Waals surface area contributed by atoms with Crippen LogP contribution in [-0.4, -0.2) is 35.6 Å². The minimum Gasteiger partial charge on any atom is -0.496 e. The molecule has 152 valence electrons. The number of amides is 1. The average molecular weight is 405 g/mol. The Hall–Kier alpha value is -3.07. The molecular formula is C20H18F3N3O3. The van der Waals surface area contributed by atoms with Gasteiger partial charge in [-0.15, -0.1) is 0 Å². The molecule has 3 heterocycles. The maximum absolute atomic E-state index is 13.4. The molecule has 4 rings (SSSR count). The van der Waals surface area contributed by atoms with Crippen molar-refractivity contribution in [1.82, 2.24) is 9.38 Å². The summed E-state index contributed by atoms with van der Waals surface area (Å²) in [6.45, 7) is 1.36. The van der Waals surface area contributed by atoms with Crippen LogP contribution in [0.15, 0.2) is 30.6 Å². The van der Waals surface area contributed by atoms with Gasteiger partial charge in [-0.25, -0.2) is 18.2 Å². The van der Waals surface area contributed by atoms with E-state index in [9.17, 15) is 18.0 Å². The van der Waals surface area contributed by atoms with Crippen molar-refractivity contribution in [3.05, 3.63) is 59.3 Å². The molecule has 0 aliphatic carbocycles. The molecule has 1 fully saturated rings. The Morgan fingerprint density at radius 2 is 1.86 bits per heavy atom. The number of nitrogens with zero attached hydrogens (tertiary/aromatic N) is 2. The highest BCUT2D eigenvalue weighted by molar-refractivity contribution is 6.06. The molecule has 0 radical (unpaired) electrons. The van der Waals surface area contributed by atoms with Crippen molar-refractivity contribution in [2.24, 2.45) is 0 Å². The molecule has 1 aromatic carbocycles. The van der Waals surface area contributed by atoms with Gasteiger partial charge in [0.15, 0.2) is 17.5 Å². The van der Waals surface area contributed by atoms with E-state index in [1.165, 1.54) is 13.3 Å². The maximum atomic E-state index is 13.4. The Morgan fingerprint density at radius 1 is 1.17 bits per heavy atom. The first-order chi connectivity index (χ1) is 14.0. The number of carbonyl (C=O) groups is 1. The van der Waals surface area contributed by atoms with E-state index in [1.807, 2.05) is 6.20 Å². The molecule has 2 aromatic heterocycles. The van der Waals surface area contributed by atoms with Crippen LogP contribution in [0.4, 0.5) is 18.9 Å². The van der Waals surface area contributed by atoms with Crippen molar-refractivity contribution >= 4 is 17.2 Å². The number of imidazole rings is 1. The Bertz CT molecular complexity index is 1050. The van der Waals surface area contributed by atoms with E-state index in [-0.39, 0.29) is 22.9 Å². The van der Waals surface area contributed by atoms with Crippen molar-refractivity contribution in [1.29, 1.82) is 0 Å². The van der Waals surface area contributed by atoms with Crippen LogP contribution in [0.25, 0.3) is 5.65 Å². The smallest absolute Gasteiger partial charge is 0.260 e. The number of carbonyl (C=O) groups excluding carboxylic acids is 1. The number of benzene rings is 1. The summed E-state index contributed by atoms with van der Waals surface area (Å²) in [5.41, 5.74) is 1.44. The first kappa shape index (κ1) is 19.3. The minimum atomic E-state index is -1.60. The summed E-state index contributed by atoms with van der Waals surface area (Å²) in [4.78, 5) is 17.3. The van der Waals surface area contributed by atoms with Crippen molar-refractivity contribution in [3.8, 4) is 5.75 Å². The van der Waals surface area contributed by atoms with Gasteiger partial charge < -0.3 is 19.2 Å². The van der Waals surface area contributed by atoms with Gasteiger partial charge in [0.25, 0.3) is 5.91 Å². The lowest BCUT2D eigenvalue weighted by Gasteiger charge is -2.19. The van der Waals surface area contributed by atoms with E-state index in [2.05, 4.69) is 10.3 Å². The zero-order valence-corrected chi connectivity index (χ0v) is 15.5. The van der Waals surface area contributed by atoms with E-state index in [0.29, 0.717) is 31.0 Å². The third-order valence-corrected chi connectivity index (χ3v) is 4.92. The Kier molecular flexibility index (Phi) is 5.14. The molecule has 0 spiro atoms. The van der Waals surface area contributed by atoms with Crippen molar-refractivity contribution < 1.29 is 27.4 Å². The minimum absolute atomic E-state index is 0.140. The number of hydrogen-bond acceptors (Lipinski definition) is 4. The van der Waals surface area contributed by atoms with Gasteiger partial charge in [0.2, 0.25) is 0 Å². The van der Waals surface area contributed by atoms with Gasteiger partial charge >= 0.3 is 0 Å². The number of halogens is 3. The second kappa shape index (κ2) is 7.75. The van der Waals surface area contributed by atoms with Crippen molar-refractivity contribution in [3.63, 3.8) is 0 Å². The first-order valence-corrected chi connectivity index (χ1v) is 9.06. The summed E-state index contributed by atoms with van der Waals surface area (Å²) in [7, 11) is 1.40. The molecule has 1 aliphatic heterocycles. The highest BCUT2D eigenvalue weighted by atomic mass is 19.2. The summed E-state index contributed by atoms with van der Waals surface area (Å²) < 4.78 is 52.3. The van der Waals surface area contributed by atoms with E-state index >= 15 is 0 Å². The monoisotopic (exact) mass is 405 g/mol.